The highest BCUT2D eigenvalue weighted by Crippen LogP contribution is 2.23. The van der Waals surface area contributed by atoms with Gasteiger partial charge < -0.3 is 15.2 Å². The van der Waals surface area contributed by atoms with Gasteiger partial charge in [0.15, 0.2) is 0 Å². The molecular formula is C13H19NO3. The lowest BCUT2D eigenvalue weighted by Gasteiger charge is -2.13. The number of anilines is 1. The van der Waals surface area contributed by atoms with Crippen molar-refractivity contribution >= 4 is 11.7 Å². The molecule has 0 aromatic heterocycles. The molecule has 4 nitrogen and oxygen atoms in total. The molecule has 4 heteroatoms. The van der Waals surface area contributed by atoms with Crippen LogP contribution in [0.15, 0.2) is 24.3 Å². The SMILES string of the molecule is CCOc1ccccc1NCCC(C)C(=O)O. The molecule has 0 aliphatic carbocycles. The van der Waals surface area contributed by atoms with E-state index in [2.05, 4.69) is 5.32 Å². The zero-order valence-corrected chi connectivity index (χ0v) is 10.3. The highest BCUT2D eigenvalue weighted by Gasteiger charge is 2.10. The first-order chi connectivity index (χ1) is 8.15. The van der Waals surface area contributed by atoms with Crippen molar-refractivity contribution < 1.29 is 14.6 Å². The normalized spacial score (nSPS) is 11.9. The fourth-order valence-electron chi connectivity index (χ4n) is 1.44. The van der Waals surface area contributed by atoms with E-state index in [1.165, 1.54) is 0 Å². The van der Waals surface area contributed by atoms with Gasteiger partial charge >= 0.3 is 5.97 Å². The van der Waals surface area contributed by atoms with Crippen LogP contribution in [0, 0.1) is 5.92 Å². The van der Waals surface area contributed by atoms with Crippen LogP contribution in [0.2, 0.25) is 0 Å². The van der Waals surface area contributed by atoms with Crippen molar-refractivity contribution in [1.82, 2.24) is 0 Å². The van der Waals surface area contributed by atoms with E-state index in [0.717, 1.165) is 11.4 Å². The second kappa shape index (κ2) is 6.78. The molecule has 0 aliphatic rings. The van der Waals surface area contributed by atoms with Crippen LogP contribution in [-0.2, 0) is 4.79 Å². The number of carbonyl (C=O) groups is 1. The van der Waals surface area contributed by atoms with E-state index in [1.807, 2.05) is 31.2 Å². The number of nitrogens with one attached hydrogen (secondary N) is 1. The molecule has 1 aromatic carbocycles. The summed E-state index contributed by atoms with van der Waals surface area (Å²) in [5.41, 5.74) is 0.909. The minimum Gasteiger partial charge on any atom is -0.492 e. The van der Waals surface area contributed by atoms with Crippen molar-refractivity contribution in [2.75, 3.05) is 18.5 Å². The summed E-state index contributed by atoms with van der Waals surface area (Å²) in [7, 11) is 0. The quantitative estimate of drug-likeness (QED) is 0.765. The summed E-state index contributed by atoms with van der Waals surface area (Å²) >= 11 is 0. The molecule has 2 N–H and O–H groups in total. The Morgan fingerprint density at radius 2 is 2.18 bits per heavy atom. The van der Waals surface area contributed by atoms with E-state index < -0.39 is 5.97 Å². The second-order valence-corrected chi connectivity index (χ2v) is 3.88. The maximum Gasteiger partial charge on any atom is 0.306 e. The van der Waals surface area contributed by atoms with Crippen LogP contribution >= 0.6 is 0 Å². The van der Waals surface area contributed by atoms with Crippen molar-refractivity contribution in [1.29, 1.82) is 0 Å². The van der Waals surface area contributed by atoms with E-state index in [1.54, 1.807) is 6.92 Å². The van der Waals surface area contributed by atoms with Gasteiger partial charge in [-0.1, -0.05) is 19.1 Å². The monoisotopic (exact) mass is 237 g/mol. The lowest BCUT2D eigenvalue weighted by molar-refractivity contribution is -0.141. The van der Waals surface area contributed by atoms with Gasteiger partial charge in [0.25, 0.3) is 0 Å². The number of para-hydroxylation sites is 2. The molecule has 0 fully saturated rings. The highest BCUT2D eigenvalue weighted by atomic mass is 16.5. The molecule has 1 rings (SSSR count). The third kappa shape index (κ3) is 4.34. The molecule has 0 bridgehead atoms. The number of ether oxygens (including phenoxy) is 1. The molecule has 1 unspecified atom stereocenters. The predicted octanol–water partition coefficient (Wildman–Crippen LogP) is 2.61. The van der Waals surface area contributed by atoms with Crippen molar-refractivity contribution in [3.8, 4) is 5.75 Å². The van der Waals surface area contributed by atoms with Gasteiger partial charge in [-0.15, -0.1) is 0 Å². The van der Waals surface area contributed by atoms with Gasteiger partial charge in [-0.25, -0.2) is 0 Å². The van der Waals surface area contributed by atoms with E-state index >= 15 is 0 Å². The molecule has 0 aliphatic heterocycles. The van der Waals surface area contributed by atoms with Crippen molar-refractivity contribution in [2.24, 2.45) is 5.92 Å². The third-order valence-corrected chi connectivity index (χ3v) is 2.50. The Morgan fingerprint density at radius 1 is 1.47 bits per heavy atom. The molecule has 0 amide bonds. The molecule has 94 valence electrons. The Hall–Kier alpha value is -1.71. The van der Waals surface area contributed by atoms with Gasteiger partial charge in [0, 0.05) is 6.54 Å². The van der Waals surface area contributed by atoms with Crippen molar-refractivity contribution in [3.63, 3.8) is 0 Å². The molecule has 0 heterocycles. The molecular weight excluding hydrogens is 218 g/mol. The number of aliphatic carboxylic acids is 1. The predicted molar refractivity (Wildman–Crippen MR) is 67.5 cm³/mol. The van der Waals surface area contributed by atoms with Crippen LogP contribution in [0.5, 0.6) is 5.75 Å². The third-order valence-electron chi connectivity index (χ3n) is 2.50. The van der Waals surface area contributed by atoms with Crippen LogP contribution in [0.25, 0.3) is 0 Å². The van der Waals surface area contributed by atoms with E-state index in [0.29, 0.717) is 19.6 Å². The summed E-state index contributed by atoms with van der Waals surface area (Å²) in [6.45, 7) is 4.88. The zero-order valence-electron chi connectivity index (χ0n) is 10.3. The highest BCUT2D eigenvalue weighted by molar-refractivity contribution is 5.69. The first-order valence-corrected chi connectivity index (χ1v) is 5.83. The molecule has 17 heavy (non-hydrogen) atoms. The van der Waals surface area contributed by atoms with Gasteiger partial charge in [-0.05, 0) is 25.5 Å². The van der Waals surface area contributed by atoms with Gasteiger partial charge in [-0.2, -0.15) is 0 Å². The summed E-state index contributed by atoms with van der Waals surface area (Å²) in [6, 6.07) is 7.66. The van der Waals surface area contributed by atoms with E-state index in [-0.39, 0.29) is 5.92 Å². The van der Waals surface area contributed by atoms with E-state index in [9.17, 15) is 4.79 Å². The first kappa shape index (κ1) is 13.4. The topological polar surface area (TPSA) is 58.6 Å². The second-order valence-electron chi connectivity index (χ2n) is 3.88. The van der Waals surface area contributed by atoms with Crippen molar-refractivity contribution in [3.05, 3.63) is 24.3 Å². The van der Waals surface area contributed by atoms with Gasteiger partial charge in [0.05, 0.1) is 18.2 Å². The van der Waals surface area contributed by atoms with E-state index in [4.69, 9.17) is 9.84 Å². The van der Waals surface area contributed by atoms with Crippen LogP contribution in [0.3, 0.4) is 0 Å². The van der Waals surface area contributed by atoms with Gasteiger partial charge in [0.1, 0.15) is 5.75 Å². The Kier molecular flexibility index (Phi) is 5.33. The molecule has 0 saturated heterocycles. The van der Waals surface area contributed by atoms with Crippen LogP contribution < -0.4 is 10.1 Å². The fraction of sp³-hybridized carbons (Fsp3) is 0.462. The average Bonchev–Trinajstić information content (AvgIpc) is 2.31. The minimum absolute atomic E-state index is 0.332. The number of hydrogen-bond donors (Lipinski definition) is 2. The minimum atomic E-state index is -0.759. The zero-order chi connectivity index (χ0) is 12.7. The molecule has 1 atom stereocenters. The summed E-state index contributed by atoms with van der Waals surface area (Å²) in [5.74, 6) is -0.287. The first-order valence-electron chi connectivity index (χ1n) is 5.83. The van der Waals surface area contributed by atoms with Crippen LogP contribution in [0.1, 0.15) is 20.3 Å². The molecule has 0 spiro atoms. The number of hydrogen-bond acceptors (Lipinski definition) is 3. The number of rotatable bonds is 7. The smallest absolute Gasteiger partial charge is 0.306 e. The largest absolute Gasteiger partial charge is 0.492 e. The average molecular weight is 237 g/mol. The standard InChI is InChI=1S/C13H19NO3/c1-3-17-12-7-5-4-6-11(12)14-9-8-10(2)13(15)16/h4-7,10,14H,3,8-9H2,1-2H3,(H,15,16). The number of carboxylic acids is 1. The summed E-state index contributed by atoms with van der Waals surface area (Å²) in [5, 5.41) is 12.0. The Bertz CT molecular complexity index is 365. The summed E-state index contributed by atoms with van der Waals surface area (Å²) < 4.78 is 5.46. The lowest BCUT2D eigenvalue weighted by Crippen LogP contribution is -2.14. The molecule has 0 saturated carbocycles. The Morgan fingerprint density at radius 3 is 2.82 bits per heavy atom. The number of benzene rings is 1. The fourth-order valence-corrected chi connectivity index (χ4v) is 1.44. The molecule has 0 radical (unpaired) electrons. The summed E-state index contributed by atoms with van der Waals surface area (Å²) in [6.07, 6.45) is 0.593. The Labute approximate surface area is 102 Å². The maximum absolute atomic E-state index is 10.7. The summed E-state index contributed by atoms with van der Waals surface area (Å²) in [4.78, 5) is 10.7. The van der Waals surface area contributed by atoms with Gasteiger partial charge in [0.2, 0.25) is 0 Å². The molecule has 1 aromatic rings. The van der Waals surface area contributed by atoms with Crippen LogP contribution in [0.4, 0.5) is 5.69 Å². The van der Waals surface area contributed by atoms with Gasteiger partial charge in [-0.3, -0.25) is 4.79 Å². The number of carboxylic acid groups (broad SMARTS) is 1. The van der Waals surface area contributed by atoms with Crippen molar-refractivity contribution in [2.45, 2.75) is 20.3 Å². The lowest BCUT2D eigenvalue weighted by atomic mass is 10.1. The maximum atomic E-state index is 10.7. The Balaban J connectivity index is 2.48. The van der Waals surface area contributed by atoms with Crippen LogP contribution in [-0.4, -0.2) is 24.2 Å².